The summed E-state index contributed by atoms with van der Waals surface area (Å²) < 4.78 is 12.6. The van der Waals surface area contributed by atoms with Crippen molar-refractivity contribution in [3.63, 3.8) is 0 Å². The van der Waals surface area contributed by atoms with Crippen molar-refractivity contribution in [2.45, 2.75) is 32.6 Å². The van der Waals surface area contributed by atoms with E-state index in [1.807, 2.05) is 46.8 Å². The zero-order valence-corrected chi connectivity index (χ0v) is 17.9. The molecule has 1 fully saturated rings. The fourth-order valence-electron chi connectivity index (χ4n) is 4.15. The van der Waals surface area contributed by atoms with E-state index < -0.39 is 0 Å². The molecule has 30 heavy (non-hydrogen) atoms. The van der Waals surface area contributed by atoms with Gasteiger partial charge in [-0.25, -0.2) is 4.98 Å². The molecule has 2 aromatic heterocycles. The Hall–Kier alpha value is -3.02. The number of aryl methyl sites for hydroxylation is 2. The number of nitrogens with zero attached hydrogens (tertiary/aromatic N) is 3. The predicted molar refractivity (Wildman–Crippen MR) is 116 cm³/mol. The topological polar surface area (TPSA) is 56.1 Å². The molecule has 6 heteroatoms. The molecule has 0 aliphatic carbocycles. The number of benzene rings is 1. The van der Waals surface area contributed by atoms with Gasteiger partial charge in [0.1, 0.15) is 22.8 Å². The van der Waals surface area contributed by atoms with Crippen molar-refractivity contribution in [1.29, 1.82) is 0 Å². The Balaban J connectivity index is 1.32. The first kappa shape index (κ1) is 20.3. The number of hydrogen-bond donors (Lipinski definition) is 0. The van der Waals surface area contributed by atoms with E-state index in [9.17, 15) is 4.79 Å². The Bertz CT molecular complexity index is 1010. The second-order valence-corrected chi connectivity index (χ2v) is 8.09. The van der Waals surface area contributed by atoms with Crippen LogP contribution in [0.3, 0.4) is 0 Å². The number of methoxy groups -OCH3 is 2. The van der Waals surface area contributed by atoms with E-state index >= 15 is 0 Å². The average molecular weight is 408 g/mol. The molecule has 0 N–H and O–H groups in total. The van der Waals surface area contributed by atoms with E-state index in [2.05, 4.69) is 17.1 Å². The van der Waals surface area contributed by atoms with E-state index in [0.717, 1.165) is 61.5 Å². The van der Waals surface area contributed by atoms with E-state index in [0.29, 0.717) is 11.6 Å². The molecule has 1 aliphatic heterocycles. The minimum atomic E-state index is 0.0346. The smallest absolute Gasteiger partial charge is 0.274 e. The number of fused-ring (bicyclic) bond motifs is 1. The number of imidazole rings is 1. The molecular weight excluding hydrogens is 378 g/mol. The van der Waals surface area contributed by atoms with Gasteiger partial charge >= 0.3 is 0 Å². The quantitative estimate of drug-likeness (QED) is 0.616. The van der Waals surface area contributed by atoms with Gasteiger partial charge in [-0.2, -0.15) is 0 Å². The lowest BCUT2D eigenvalue weighted by Crippen LogP contribution is -2.38. The third-order valence-electron chi connectivity index (χ3n) is 5.99. The number of rotatable bonds is 6. The minimum Gasteiger partial charge on any atom is -0.497 e. The number of piperidine rings is 1. The summed E-state index contributed by atoms with van der Waals surface area (Å²) in [6.07, 6.45) is 7.93. The van der Waals surface area contributed by atoms with Crippen LogP contribution in [0.1, 0.15) is 40.9 Å². The van der Waals surface area contributed by atoms with Crippen LogP contribution in [0.15, 0.2) is 42.7 Å². The number of carbonyl (C=O) groups excluding carboxylic acids is 1. The third kappa shape index (κ3) is 4.42. The molecule has 1 aromatic carbocycles. The van der Waals surface area contributed by atoms with Crippen LogP contribution in [-0.4, -0.2) is 47.5 Å². The van der Waals surface area contributed by atoms with Crippen molar-refractivity contribution >= 4 is 11.6 Å². The van der Waals surface area contributed by atoms with E-state index in [1.165, 1.54) is 5.56 Å². The Kier molecular flexibility index (Phi) is 5.93. The molecule has 0 spiro atoms. The molecule has 4 rings (SSSR count). The van der Waals surface area contributed by atoms with Gasteiger partial charge in [0.25, 0.3) is 5.91 Å². The molecule has 1 aliphatic rings. The number of likely N-dealkylation sites (tertiary alicyclic amines) is 1. The Morgan fingerprint density at radius 3 is 2.47 bits per heavy atom. The first-order chi connectivity index (χ1) is 14.6. The average Bonchev–Trinajstić information content (AvgIpc) is 3.20. The maximum absolute atomic E-state index is 12.9. The number of ether oxygens (including phenoxy) is 2. The van der Waals surface area contributed by atoms with Crippen molar-refractivity contribution < 1.29 is 14.3 Å². The van der Waals surface area contributed by atoms with Gasteiger partial charge in [-0.15, -0.1) is 0 Å². The molecule has 1 amide bonds. The molecule has 3 heterocycles. The van der Waals surface area contributed by atoms with Crippen molar-refractivity contribution in [2.24, 2.45) is 5.92 Å². The van der Waals surface area contributed by atoms with Crippen molar-refractivity contribution in [1.82, 2.24) is 14.3 Å². The normalized spacial score (nSPS) is 14.8. The van der Waals surface area contributed by atoms with Crippen LogP contribution in [0.2, 0.25) is 0 Å². The lowest BCUT2D eigenvalue weighted by atomic mass is 9.90. The van der Waals surface area contributed by atoms with Crippen molar-refractivity contribution in [2.75, 3.05) is 27.3 Å². The Labute approximate surface area is 177 Å². The van der Waals surface area contributed by atoms with Crippen LogP contribution in [-0.2, 0) is 6.42 Å². The lowest BCUT2D eigenvalue weighted by Gasteiger charge is -2.31. The van der Waals surface area contributed by atoms with Crippen LogP contribution in [0.25, 0.3) is 5.65 Å². The molecule has 3 aromatic rings. The van der Waals surface area contributed by atoms with Gasteiger partial charge < -0.3 is 18.8 Å². The maximum atomic E-state index is 12.9. The minimum absolute atomic E-state index is 0.0346. The molecule has 6 nitrogen and oxygen atoms in total. The highest BCUT2D eigenvalue weighted by molar-refractivity contribution is 5.93. The highest BCUT2D eigenvalue weighted by Gasteiger charge is 2.25. The number of amides is 1. The summed E-state index contributed by atoms with van der Waals surface area (Å²) in [5.41, 5.74) is 3.72. The summed E-state index contributed by atoms with van der Waals surface area (Å²) in [5.74, 6) is 2.31. The maximum Gasteiger partial charge on any atom is 0.274 e. The fraction of sp³-hybridized carbons (Fsp3) is 0.417. The van der Waals surface area contributed by atoms with E-state index in [4.69, 9.17) is 9.47 Å². The zero-order chi connectivity index (χ0) is 21.1. The summed E-state index contributed by atoms with van der Waals surface area (Å²) in [4.78, 5) is 19.4. The SMILES string of the molecule is COc1cc(CCC2CCN(C(=O)c3cn4ccc(C)cc4n3)CC2)cc(OC)c1. The van der Waals surface area contributed by atoms with Crippen LogP contribution < -0.4 is 9.47 Å². The summed E-state index contributed by atoms with van der Waals surface area (Å²) in [5, 5.41) is 0. The van der Waals surface area contributed by atoms with Gasteiger partial charge in [0.05, 0.1) is 14.2 Å². The molecule has 0 unspecified atom stereocenters. The van der Waals surface area contributed by atoms with Crippen LogP contribution in [0.5, 0.6) is 11.5 Å². The standard InChI is InChI=1S/C24H29N3O3/c1-17-6-9-27-16-22(25-23(27)12-17)24(28)26-10-7-18(8-11-26)4-5-19-13-20(29-2)15-21(14-19)30-3/h6,9,12-16,18H,4-5,7-8,10-11H2,1-3H3. The van der Waals surface area contributed by atoms with E-state index in [-0.39, 0.29) is 5.91 Å². The summed E-state index contributed by atoms with van der Waals surface area (Å²) in [7, 11) is 3.35. The molecule has 0 saturated carbocycles. The first-order valence-electron chi connectivity index (χ1n) is 10.5. The van der Waals surface area contributed by atoms with Gasteiger partial charge in [-0.3, -0.25) is 4.79 Å². The zero-order valence-electron chi connectivity index (χ0n) is 17.9. The molecule has 1 saturated heterocycles. The first-order valence-corrected chi connectivity index (χ1v) is 10.5. The largest absolute Gasteiger partial charge is 0.497 e. The van der Waals surface area contributed by atoms with Gasteiger partial charge in [0.15, 0.2) is 0 Å². The number of carbonyl (C=O) groups is 1. The fourth-order valence-corrected chi connectivity index (χ4v) is 4.15. The summed E-state index contributed by atoms with van der Waals surface area (Å²) >= 11 is 0. The Morgan fingerprint density at radius 2 is 1.80 bits per heavy atom. The predicted octanol–water partition coefficient (Wildman–Crippen LogP) is 4.14. The highest BCUT2D eigenvalue weighted by atomic mass is 16.5. The number of pyridine rings is 1. The second-order valence-electron chi connectivity index (χ2n) is 8.09. The van der Waals surface area contributed by atoms with Crippen molar-refractivity contribution in [3.8, 4) is 11.5 Å². The molecule has 0 radical (unpaired) electrons. The van der Waals surface area contributed by atoms with Gasteiger partial charge in [-0.1, -0.05) is 0 Å². The van der Waals surface area contributed by atoms with Gasteiger partial charge in [0, 0.05) is 31.5 Å². The number of hydrogen-bond acceptors (Lipinski definition) is 4. The number of aromatic nitrogens is 2. The highest BCUT2D eigenvalue weighted by Crippen LogP contribution is 2.27. The molecule has 0 bridgehead atoms. The van der Waals surface area contributed by atoms with Crippen molar-refractivity contribution in [3.05, 3.63) is 59.5 Å². The van der Waals surface area contributed by atoms with Crippen LogP contribution in [0, 0.1) is 12.8 Å². The third-order valence-corrected chi connectivity index (χ3v) is 5.99. The lowest BCUT2D eigenvalue weighted by molar-refractivity contribution is 0.0681. The molecular formula is C24H29N3O3. The summed E-state index contributed by atoms with van der Waals surface area (Å²) in [6.45, 7) is 3.61. The summed E-state index contributed by atoms with van der Waals surface area (Å²) in [6, 6.07) is 10.1. The van der Waals surface area contributed by atoms with E-state index in [1.54, 1.807) is 14.2 Å². The van der Waals surface area contributed by atoms with Crippen LogP contribution in [0.4, 0.5) is 0 Å². The van der Waals surface area contributed by atoms with Gasteiger partial charge in [-0.05, 0) is 73.9 Å². The van der Waals surface area contributed by atoms with Crippen LogP contribution >= 0.6 is 0 Å². The Morgan fingerprint density at radius 1 is 1.10 bits per heavy atom. The monoisotopic (exact) mass is 407 g/mol. The molecule has 0 atom stereocenters. The van der Waals surface area contributed by atoms with Gasteiger partial charge in [0.2, 0.25) is 0 Å². The second kappa shape index (κ2) is 8.78. The molecule has 158 valence electrons.